The molecular formula is C22H30N2O3. The Labute approximate surface area is 161 Å². The van der Waals surface area contributed by atoms with Gasteiger partial charge < -0.3 is 20.3 Å². The highest BCUT2D eigenvalue weighted by Crippen LogP contribution is 2.39. The van der Waals surface area contributed by atoms with Gasteiger partial charge in [0.15, 0.2) is 6.29 Å². The van der Waals surface area contributed by atoms with E-state index in [4.69, 9.17) is 20.2 Å². The summed E-state index contributed by atoms with van der Waals surface area (Å²) < 4.78 is 11.5. The van der Waals surface area contributed by atoms with Crippen LogP contribution in [0, 0.1) is 12.8 Å². The van der Waals surface area contributed by atoms with Crippen molar-refractivity contribution in [2.75, 3.05) is 6.61 Å². The van der Waals surface area contributed by atoms with Gasteiger partial charge in [-0.25, -0.2) is 0 Å². The van der Waals surface area contributed by atoms with Crippen molar-refractivity contribution >= 4 is 0 Å². The van der Waals surface area contributed by atoms with Crippen LogP contribution in [0.15, 0.2) is 30.3 Å². The number of hydrogen-bond acceptors (Lipinski definition) is 5. The van der Waals surface area contributed by atoms with Crippen molar-refractivity contribution in [2.45, 2.75) is 59.0 Å². The molecule has 5 heteroatoms. The first-order valence-corrected chi connectivity index (χ1v) is 9.71. The van der Waals surface area contributed by atoms with Gasteiger partial charge in [-0.3, -0.25) is 4.98 Å². The average molecular weight is 370 g/mol. The summed E-state index contributed by atoms with van der Waals surface area (Å²) in [6.45, 7) is 7.10. The van der Waals surface area contributed by atoms with Gasteiger partial charge in [-0.1, -0.05) is 44.2 Å². The standard InChI is InChI=1S/C22H30N2O3/c1-14(2)18(23)10-7-11-26-21-15(3)24-19(12-16-8-5-4-6-9-16)17-13-27-22(25)20(17)21/h4-6,8-9,14,18,22,25H,7,10-13,23H2,1-3H3. The maximum atomic E-state index is 10.3. The van der Waals surface area contributed by atoms with Crippen LogP contribution in [0.4, 0.5) is 0 Å². The lowest BCUT2D eigenvalue weighted by Gasteiger charge is -2.18. The smallest absolute Gasteiger partial charge is 0.185 e. The Kier molecular flexibility index (Phi) is 6.47. The van der Waals surface area contributed by atoms with E-state index in [0.717, 1.165) is 35.4 Å². The molecule has 1 aromatic carbocycles. The normalized spacial score (nSPS) is 17.2. The molecule has 2 heterocycles. The van der Waals surface area contributed by atoms with Gasteiger partial charge in [-0.2, -0.15) is 0 Å². The molecule has 1 aliphatic rings. The Morgan fingerprint density at radius 3 is 2.74 bits per heavy atom. The van der Waals surface area contributed by atoms with Crippen LogP contribution in [0.2, 0.25) is 0 Å². The quantitative estimate of drug-likeness (QED) is 0.694. The second-order valence-electron chi connectivity index (χ2n) is 7.59. The SMILES string of the molecule is Cc1nc(Cc2ccccc2)c2c(c1OCCCC(N)C(C)C)C(O)OC2. The largest absolute Gasteiger partial charge is 0.491 e. The highest BCUT2D eigenvalue weighted by molar-refractivity contribution is 5.48. The molecule has 0 fully saturated rings. The summed E-state index contributed by atoms with van der Waals surface area (Å²) in [5.74, 6) is 1.12. The van der Waals surface area contributed by atoms with Crippen LogP contribution in [-0.4, -0.2) is 22.7 Å². The van der Waals surface area contributed by atoms with Crippen LogP contribution in [0.3, 0.4) is 0 Å². The third-order valence-electron chi connectivity index (χ3n) is 5.18. The molecule has 2 atom stereocenters. The Balaban J connectivity index is 1.77. The number of aliphatic hydroxyl groups is 1. The molecule has 27 heavy (non-hydrogen) atoms. The number of fused-ring (bicyclic) bond motifs is 1. The summed E-state index contributed by atoms with van der Waals surface area (Å²) in [6.07, 6.45) is 1.54. The molecule has 0 saturated carbocycles. The van der Waals surface area contributed by atoms with Crippen LogP contribution in [-0.2, 0) is 17.8 Å². The van der Waals surface area contributed by atoms with Gasteiger partial charge in [0, 0.05) is 18.0 Å². The predicted molar refractivity (Wildman–Crippen MR) is 106 cm³/mol. The third kappa shape index (κ3) is 4.67. The van der Waals surface area contributed by atoms with Gasteiger partial charge in [0.1, 0.15) is 5.75 Å². The van der Waals surface area contributed by atoms with E-state index in [1.165, 1.54) is 5.56 Å². The zero-order chi connectivity index (χ0) is 19.4. The summed E-state index contributed by atoms with van der Waals surface area (Å²) in [5.41, 5.74) is 10.7. The monoisotopic (exact) mass is 370 g/mol. The first kappa shape index (κ1) is 19.8. The third-order valence-corrected chi connectivity index (χ3v) is 5.18. The van der Waals surface area contributed by atoms with E-state index in [9.17, 15) is 5.11 Å². The van der Waals surface area contributed by atoms with Crippen molar-refractivity contribution < 1.29 is 14.6 Å². The molecule has 0 spiro atoms. The molecule has 3 rings (SSSR count). The molecule has 146 valence electrons. The molecule has 5 nitrogen and oxygen atoms in total. The first-order chi connectivity index (χ1) is 13.0. The molecule has 0 saturated heterocycles. The Bertz CT molecular complexity index is 762. The zero-order valence-corrected chi connectivity index (χ0v) is 16.4. The summed E-state index contributed by atoms with van der Waals surface area (Å²) >= 11 is 0. The lowest BCUT2D eigenvalue weighted by atomic mass is 10.00. The van der Waals surface area contributed by atoms with Gasteiger partial charge in [-0.15, -0.1) is 0 Å². The summed E-state index contributed by atoms with van der Waals surface area (Å²) in [4.78, 5) is 4.78. The highest BCUT2D eigenvalue weighted by Gasteiger charge is 2.30. The zero-order valence-electron chi connectivity index (χ0n) is 16.4. The molecule has 2 unspecified atom stereocenters. The second kappa shape index (κ2) is 8.83. The maximum Gasteiger partial charge on any atom is 0.185 e. The molecular weight excluding hydrogens is 340 g/mol. The number of nitrogens with two attached hydrogens (primary N) is 1. The minimum Gasteiger partial charge on any atom is -0.491 e. The van der Waals surface area contributed by atoms with Crippen LogP contribution >= 0.6 is 0 Å². The van der Waals surface area contributed by atoms with Crippen molar-refractivity contribution in [3.05, 3.63) is 58.4 Å². The van der Waals surface area contributed by atoms with E-state index in [2.05, 4.69) is 26.0 Å². The average Bonchev–Trinajstić information content (AvgIpc) is 3.03. The van der Waals surface area contributed by atoms with E-state index in [1.54, 1.807) is 0 Å². The van der Waals surface area contributed by atoms with E-state index in [0.29, 0.717) is 31.3 Å². The van der Waals surface area contributed by atoms with Gasteiger partial charge in [0.25, 0.3) is 0 Å². The first-order valence-electron chi connectivity index (χ1n) is 9.71. The number of ether oxygens (including phenoxy) is 2. The van der Waals surface area contributed by atoms with Crippen molar-refractivity contribution in [1.82, 2.24) is 4.98 Å². The summed E-state index contributed by atoms with van der Waals surface area (Å²) in [5, 5.41) is 10.3. The summed E-state index contributed by atoms with van der Waals surface area (Å²) in [6, 6.07) is 10.4. The maximum absolute atomic E-state index is 10.3. The number of aromatic nitrogens is 1. The van der Waals surface area contributed by atoms with Crippen molar-refractivity contribution in [2.24, 2.45) is 11.7 Å². The van der Waals surface area contributed by atoms with E-state index in [-0.39, 0.29) is 6.04 Å². The van der Waals surface area contributed by atoms with Crippen LogP contribution < -0.4 is 10.5 Å². The van der Waals surface area contributed by atoms with Gasteiger partial charge >= 0.3 is 0 Å². The Hall–Kier alpha value is -1.95. The minimum absolute atomic E-state index is 0.181. The molecule has 3 N–H and O–H groups in total. The predicted octanol–water partition coefficient (Wildman–Crippen LogP) is 3.64. The lowest BCUT2D eigenvalue weighted by molar-refractivity contribution is -0.0928. The van der Waals surface area contributed by atoms with Crippen molar-refractivity contribution in [3.63, 3.8) is 0 Å². The molecule has 1 aromatic heterocycles. The van der Waals surface area contributed by atoms with Gasteiger partial charge in [-0.05, 0) is 31.2 Å². The van der Waals surface area contributed by atoms with Gasteiger partial charge in [0.2, 0.25) is 0 Å². The number of hydrogen-bond donors (Lipinski definition) is 2. The molecule has 0 aliphatic carbocycles. The van der Waals surface area contributed by atoms with E-state index >= 15 is 0 Å². The van der Waals surface area contributed by atoms with E-state index in [1.807, 2.05) is 25.1 Å². The fraction of sp³-hybridized carbons (Fsp3) is 0.500. The van der Waals surface area contributed by atoms with Crippen molar-refractivity contribution in [3.8, 4) is 5.75 Å². The molecule has 0 amide bonds. The summed E-state index contributed by atoms with van der Waals surface area (Å²) in [7, 11) is 0. The van der Waals surface area contributed by atoms with Crippen LogP contribution in [0.25, 0.3) is 0 Å². The molecule has 0 bridgehead atoms. The number of aryl methyl sites for hydroxylation is 1. The van der Waals surface area contributed by atoms with Crippen molar-refractivity contribution in [1.29, 1.82) is 0 Å². The Morgan fingerprint density at radius 1 is 1.30 bits per heavy atom. The fourth-order valence-corrected chi connectivity index (χ4v) is 3.42. The Morgan fingerprint density at radius 2 is 2.04 bits per heavy atom. The topological polar surface area (TPSA) is 77.6 Å². The molecule has 2 aromatic rings. The lowest BCUT2D eigenvalue weighted by Crippen LogP contribution is -2.26. The minimum atomic E-state index is -0.954. The highest BCUT2D eigenvalue weighted by atomic mass is 16.6. The number of aliphatic hydroxyl groups excluding tert-OH is 1. The van der Waals surface area contributed by atoms with Crippen LogP contribution in [0.1, 0.15) is 61.1 Å². The van der Waals surface area contributed by atoms with E-state index < -0.39 is 6.29 Å². The van der Waals surface area contributed by atoms with Gasteiger partial charge in [0.05, 0.1) is 30.2 Å². The molecule has 0 radical (unpaired) electrons. The number of benzene rings is 1. The number of nitrogens with zero attached hydrogens (tertiary/aromatic N) is 1. The molecule has 1 aliphatic heterocycles. The van der Waals surface area contributed by atoms with Crippen LogP contribution in [0.5, 0.6) is 5.75 Å². The second-order valence-corrected chi connectivity index (χ2v) is 7.59. The number of rotatable bonds is 8. The number of pyridine rings is 1. The fourth-order valence-electron chi connectivity index (χ4n) is 3.42.